The minimum atomic E-state index is -4.58. The van der Waals surface area contributed by atoms with Crippen LogP contribution in [0.3, 0.4) is 0 Å². The summed E-state index contributed by atoms with van der Waals surface area (Å²) in [7, 11) is -15.7. The van der Waals surface area contributed by atoms with E-state index in [0.717, 1.165) is 73.7 Å². The number of rotatable bonds is 27. The molecule has 0 radical (unpaired) electrons. The number of aliphatic carboxylic acids is 1. The Morgan fingerprint density at radius 3 is 0.989 bits per heavy atom. The van der Waals surface area contributed by atoms with Gasteiger partial charge in [-0.2, -0.15) is 0 Å². The largest absolute Gasteiger partial charge is 0.479 e. The van der Waals surface area contributed by atoms with Crippen molar-refractivity contribution in [1.29, 1.82) is 0 Å². The third kappa shape index (κ3) is 24.4. The Labute approximate surface area is 555 Å². The number of primary sulfonamides is 1. The van der Waals surface area contributed by atoms with E-state index in [1.807, 2.05) is 13.8 Å². The summed E-state index contributed by atoms with van der Waals surface area (Å²) in [4.78, 5) is 141. The molecule has 0 fully saturated rings. The van der Waals surface area contributed by atoms with Gasteiger partial charge < -0.3 is 63.1 Å². The van der Waals surface area contributed by atoms with Gasteiger partial charge >= 0.3 is 65.7 Å². The summed E-state index contributed by atoms with van der Waals surface area (Å²) in [6.45, 7) is 21.7. The normalized spacial score (nSPS) is 19.9. The summed E-state index contributed by atoms with van der Waals surface area (Å²) in [5, 5.41) is 18.8. The van der Waals surface area contributed by atoms with Gasteiger partial charge in [-0.25, -0.2) is 86.7 Å². The highest BCUT2D eigenvalue weighted by Gasteiger charge is 2.42. The summed E-state index contributed by atoms with van der Waals surface area (Å²) >= 11 is 1.24. The third-order valence-corrected chi connectivity index (χ3v) is 24.0. The van der Waals surface area contributed by atoms with Gasteiger partial charge in [0.05, 0.1) is 10.5 Å². The maximum Gasteiger partial charge on any atom is 0.347 e. The molecule has 0 bridgehead atoms. The fraction of sp³-hybridized carbons (Fsp3) is 0.630. The fourth-order valence-corrected chi connectivity index (χ4v) is 17.2. The number of carboxylic acid groups (broad SMARTS) is 1. The van der Waals surface area contributed by atoms with Crippen molar-refractivity contribution in [3.05, 3.63) is 23.3 Å². The van der Waals surface area contributed by atoms with Crippen molar-refractivity contribution in [2.75, 3.05) is 13.1 Å². The van der Waals surface area contributed by atoms with Crippen molar-refractivity contribution in [2.45, 2.75) is 224 Å². The molecule has 2 aliphatic rings. The number of nitrogens with one attached hydrogen (secondary N) is 3. The van der Waals surface area contributed by atoms with Crippen LogP contribution in [-0.2, 0) is 145 Å². The lowest BCUT2D eigenvalue weighted by Crippen LogP contribution is -2.41. The molecule has 41 heteroatoms. The van der Waals surface area contributed by atoms with E-state index in [1.54, 1.807) is 11.6 Å². The van der Waals surface area contributed by atoms with Crippen LogP contribution in [0.2, 0.25) is 0 Å². The van der Waals surface area contributed by atoms with Gasteiger partial charge in [-0.3, -0.25) is 14.4 Å². The Balaban J connectivity index is 0.000000540. The summed E-state index contributed by atoms with van der Waals surface area (Å²) in [5.41, 5.74) is 0.802. The highest BCUT2D eigenvalue weighted by atomic mass is 32.3. The van der Waals surface area contributed by atoms with E-state index in [2.05, 4.69) is 24.8 Å². The molecule has 0 saturated heterocycles. The Morgan fingerprint density at radius 2 is 0.726 bits per heavy atom. The van der Waals surface area contributed by atoms with E-state index in [-0.39, 0.29) is 30.7 Å². The highest BCUT2D eigenvalue weighted by Crippen LogP contribution is 2.44. The molecule has 0 spiro atoms. The summed E-state index contributed by atoms with van der Waals surface area (Å²) in [6, 6.07) is 2.01. The van der Waals surface area contributed by atoms with E-state index in [1.165, 1.54) is 39.8 Å². The number of nitrogens with two attached hydrogens (primary N) is 1. The molecule has 1 amide bonds. The number of carbonyl (C=O) groups is 12. The lowest BCUT2D eigenvalue weighted by molar-refractivity contribution is -0.186. The predicted molar refractivity (Wildman–Crippen MR) is 325 cm³/mol. The lowest BCUT2D eigenvalue weighted by atomic mass is 10.1. The second-order valence-corrected chi connectivity index (χ2v) is 31.9. The molecule has 35 nitrogen and oxygen atoms in total. The molecule has 6 N–H and O–H groups in total. The van der Waals surface area contributed by atoms with Crippen LogP contribution >= 0.6 is 22.7 Å². The average Bonchev–Trinajstić information content (AvgIpc) is 1.64. The van der Waals surface area contributed by atoms with Gasteiger partial charge in [0.2, 0.25) is 10.0 Å². The SMILES string of the molecule is CC(=O)O[C@@H](C)C(=O)O[C@H](C)C(=O)O[C@H](C)C(=O)O[C@H](C)C(=O)O[C@H](C)C(=O)O.CCN[C@H]1C[C@H](C)S(=O)(=O)c2sc(S(=O)(=O)NC(=O)[C@H](C)OC(=O)[C@H](C)OC(=O)[C@H](C)OC(=O)[C@H](C)OC(=O)[C@H](C)OC(C)=O)cc21.CCN[C@H]1C[C@H](C)S(=O)(=O)c2sc(S(N)(=O)=O)cc21. The smallest absolute Gasteiger partial charge is 0.347 e. The van der Waals surface area contributed by atoms with Gasteiger partial charge in [-0.15, -0.1) is 22.7 Å². The number of carbonyl (C=O) groups excluding carboxylic acids is 11. The van der Waals surface area contributed by atoms with E-state index in [0.29, 0.717) is 36.4 Å². The third-order valence-electron chi connectivity index (χ3n) is 12.9. The Bertz CT molecular complexity index is 3660. The number of amides is 1. The van der Waals surface area contributed by atoms with Crippen LogP contribution in [0.25, 0.3) is 0 Å². The average molecular weight is 1470 g/mol. The van der Waals surface area contributed by atoms with Crippen LogP contribution in [0.1, 0.15) is 147 Å². The number of sulfone groups is 2. The summed E-state index contributed by atoms with van der Waals surface area (Å²) < 4.78 is 148. The molecule has 0 saturated carbocycles. The van der Waals surface area contributed by atoms with Crippen molar-refractivity contribution in [3.8, 4) is 0 Å². The molecule has 0 aliphatic carbocycles. The van der Waals surface area contributed by atoms with Crippen LogP contribution in [0.15, 0.2) is 29.0 Å². The maximum atomic E-state index is 13.0. The molecule has 0 unspecified atom stereocenters. The summed E-state index contributed by atoms with van der Waals surface area (Å²) in [6.07, 6.45) is -14.1. The monoisotopic (exact) mass is 1470 g/mol. The zero-order valence-corrected chi connectivity index (χ0v) is 59.2. The first-order valence-electron chi connectivity index (χ1n) is 28.6. The zero-order valence-electron chi connectivity index (χ0n) is 54.3. The number of hydrogen-bond donors (Lipinski definition) is 5. The molecule has 2 aromatic heterocycles. The van der Waals surface area contributed by atoms with Crippen LogP contribution in [0.5, 0.6) is 0 Å². The van der Waals surface area contributed by atoms with Crippen molar-refractivity contribution in [3.63, 3.8) is 0 Å². The molecule has 95 heavy (non-hydrogen) atoms. The van der Waals surface area contributed by atoms with Gasteiger partial charge in [-0.1, -0.05) is 13.8 Å². The van der Waals surface area contributed by atoms with Gasteiger partial charge in [0.25, 0.3) is 15.9 Å². The van der Waals surface area contributed by atoms with E-state index >= 15 is 0 Å². The minimum absolute atomic E-state index is 0.0990. The number of thiophene rings is 2. The zero-order chi connectivity index (χ0) is 73.3. The predicted octanol–water partition coefficient (Wildman–Crippen LogP) is 0.809. The lowest BCUT2D eigenvalue weighted by Gasteiger charge is -2.27. The van der Waals surface area contributed by atoms with Crippen molar-refractivity contribution < 1.29 is 144 Å². The quantitative estimate of drug-likeness (QED) is 0.0610. The van der Waals surface area contributed by atoms with Crippen molar-refractivity contribution >= 4 is 134 Å². The van der Waals surface area contributed by atoms with E-state index < -0.39 is 193 Å². The van der Waals surface area contributed by atoms with Gasteiger partial charge in [0.1, 0.15) is 16.8 Å². The number of carboxylic acids is 1. The second kappa shape index (κ2) is 35.6. The molecule has 4 rings (SSSR count). The topological polar surface area (TPSA) is 516 Å². The second-order valence-electron chi connectivity index (χ2n) is 21.0. The molecular weight excluding hydrogens is 1390 g/mol. The van der Waals surface area contributed by atoms with Gasteiger partial charge in [-0.05, 0) is 121 Å². The minimum Gasteiger partial charge on any atom is -0.479 e. The number of sulfonamides is 2. The highest BCUT2D eigenvalue weighted by molar-refractivity contribution is 7.96. The van der Waals surface area contributed by atoms with Crippen LogP contribution in [0.4, 0.5) is 0 Å². The molecule has 14 atom stereocenters. The van der Waals surface area contributed by atoms with Crippen LogP contribution in [0, 0.1) is 0 Å². The van der Waals surface area contributed by atoms with Crippen LogP contribution < -0.4 is 20.5 Å². The number of esters is 10. The molecule has 2 aromatic rings. The Morgan fingerprint density at radius 1 is 0.474 bits per heavy atom. The molecule has 4 heterocycles. The first-order chi connectivity index (χ1) is 43.5. The number of hydrogen-bond acceptors (Lipinski definition) is 34. The van der Waals surface area contributed by atoms with Crippen molar-refractivity contribution in [1.82, 2.24) is 15.4 Å². The number of fused-ring (bicyclic) bond motifs is 2. The first kappa shape index (κ1) is 83.8. The van der Waals surface area contributed by atoms with Crippen LogP contribution in [-0.4, -0.2) is 195 Å². The molecule has 2 aliphatic heterocycles. The molecule has 536 valence electrons. The van der Waals surface area contributed by atoms with E-state index in [9.17, 15) is 91.2 Å². The van der Waals surface area contributed by atoms with Gasteiger partial charge in [0, 0.05) is 37.1 Å². The van der Waals surface area contributed by atoms with E-state index in [4.69, 9.17) is 43.4 Å². The van der Waals surface area contributed by atoms with Crippen molar-refractivity contribution in [2.24, 2.45) is 5.14 Å². The summed E-state index contributed by atoms with van der Waals surface area (Å²) in [5.74, 6) is -13.1. The molecule has 0 aromatic carbocycles. The first-order valence-corrected chi connectivity index (χ1v) is 36.3. The standard InChI is InChI=1S/C27H38N2O15S3.C17H24O12.C10H16N2O4S3/c1-9-28-20-10-12(2)46(36,37)27-19(20)11-21(45-27)47(38,39)29-22(31)13(3)41-24(33)15(5)43-26(35)17(7)44-25(34)16(6)42-23(32)14(4)40-18(8)30;1-7(13(19)20)26-15(22)9(3)28-17(24)11(5)29-16(23)10(4)27-14(21)8(2)25-12(6)18;1-3-12-8-4-6(2)18(13,14)10-7(8)5-9(17-10)19(11,15)16/h11-17,20,28H,9-10H2,1-8H3,(H,29,31);7-11H,1-6H3,(H,19,20);5-6,8,12H,3-4H2,1-2H3,(H2,11,15,16)/t12-,13-,14-,15-,16-,17-,20-;7-,8+,9-,10-,11-;6-,8-/m010/s1. The Kier molecular flexibility index (Phi) is 31.4. The molecular formula is C54H78N4O31S6. The van der Waals surface area contributed by atoms with Gasteiger partial charge in [0.15, 0.2) is 80.7 Å². The Hall–Kier alpha value is -7.28. The number of ether oxygens (including phenoxy) is 10. The maximum absolute atomic E-state index is 13.0. The fourth-order valence-electron chi connectivity index (χ4n) is 7.76.